The van der Waals surface area contributed by atoms with Crippen molar-refractivity contribution in [3.05, 3.63) is 12.4 Å². The summed E-state index contributed by atoms with van der Waals surface area (Å²) in [7, 11) is -3.38. The summed E-state index contributed by atoms with van der Waals surface area (Å²) >= 11 is 0. The Morgan fingerprint density at radius 1 is 1.21 bits per heavy atom. The standard InChI is InChI=1S/C20H30N6O6S/c1-20(5-6-20)32-19(27)24-7-3-15(4-8-24)14-31-18-12-21-16(11-22-18)26-10-9-25(33(2,29)30)13-17(26)23-28/h11-12,15,28H,3-10,13-14H2,1-2H3. The topological polar surface area (TPSA) is 138 Å². The highest BCUT2D eigenvalue weighted by Gasteiger charge is 2.43. The minimum absolute atomic E-state index is 0.0409. The van der Waals surface area contributed by atoms with Gasteiger partial charge in [-0.2, -0.15) is 4.31 Å². The molecule has 182 valence electrons. The number of carbonyl (C=O) groups is 1. The van der Waals surface area contributed by atoms with Gasteiger partial charge in [0.05, 0.1) is 31.8 Å². The maximum Gasteiger partial charge on any atom is 0.410 e. The Balaban J connectivity index is 1.24. The highest BCUT2D eigenvalue weighted by atomic mass is 32.2. The number of piperazine rings is 1. The molecule has 2 aliphatic heterocycles. The van der Waals surface area contributed by atoms with Crippen LogP contribution in [0.1, 0.15) is 32.6 Å². The Bertz CT molecular complexity index is 989. The first kappa shape index (κ1) is 23.5. The van der Waals surface area contributed by atoms with Crippen LogP contribution in [0.5, 0.6) is 5.88 Å². The van der Waals surface area contributed by atoms with Crippen LogP contribution >= 0.6 is 0 Å². The number of aromatic nitrogens is 2. The van der Waals surface area contributed by atoms with Gasteiger partial charge in [-0.1, -0.05) is 5.16 Å². The highest BCUT2D eigenvalue weighted by Crippen LogP contribution is 2.39. The summed E-state index contributed by atoms with van der Waals surface area (Å²) in [6.07, 6.45) is 7.44. The number of carbonyl (C=O) groups excluding carboxylic acids is 1. The van der Waals surface area contributed by atoms with Crippen molar-refractivity contribution in [2.24, 2.45) is 11.1 Å². The smallest absolute Gasteiger partial charge is 0.410 e. The van der Waals surface area contributed by atoms with E-state index in [9.17, 15) is 18.4 Å². The van der Waals surface area contributed by atoms with Gasteiger partial charge in [-0.15, -0.1) is 0 Å². The molecule has 1 saturated carbocycles. The first-order chi connectivity index (χ1) is 15.7. The molecule has 0 bridgehead atoms. The number of ether oxygens (including phenoxy) is 2. The maximum absolute atomic E-state index is 12.2. The van der Waals surface area contributed by atoms with Crippen LogP contribution < -0.4 is 9.64 Å². The number of anilines is 1. The van der Waals surface area contributed by atoms with Gasteiger partial charge in [-0.3, -0.25) is 0 Å². The van der Waals surface area contributed by atoms with Crippen LogP contribution in [0.4, 0.5) is 10.6 Å². The molecular weight excluding hydrogens is 452 g/mol. The second-order valence-corrected chi connectivity index (χ2v) is 11.0. The van der Waals surface area contributed by atoms with Crippen LogP contribution in [0.15, 0.2) is 17.5 Å². The van der Waals surface area contributed by atoms with Gasteiger partial charge in [0.2, 0.25) is 15.9 Å². The second-order valence-electron chi connectivity index (χ2n) is 9.04. The zero-order valence-corrected chi connectivity index (χ0v) is 19.7. The lowest BCUT2D eigenvalue weighted by Crippen LogP contribution is -2.52. The normalized spacial score (nSPS) is 22.9. The van der Waals surface area contributed by atoms with Gasteiger partial charge in [-0.25, -0.2) is 23.2 Å². The number of nitrogens with zero attached hydrogens (tertiary/aromatic N) is 6. The highest BCUT2D eigenvalue weighted by molar-refractivity contribution is 7.88. The zero-order chi connectivity index (χ0) is 23.6. The van der Waals surface area contributed by atoms with Gasteiger partial charge < -0.3 is 24.5 Å². The van der Waals surface area contributed by atoms with Crippen LogP contribution in [0.3, 0.4) is 0 Å². The van der Waals surface area contributed by atoms with Gasteiger partial charge >= 0.3 is 6.09 Å². The van der Waals surface area contributed by atoms with Crippen molar-refractivity contribution in [2.45, 2.75) is 38.2 Å². The first-order valence-electron chi connectivity index (χ1n) is 11.0. The molecule has 1 aromatic heterocycles. The molecule has 33 heavy (non-hydrogen) atoms. The van der Waals surface area contributed by atoms with E-state index in [2.05, 4.69) is 15.1 Å². The molecule has 0 aromatic carbocycles. The lowest BCUT2D eigenvalue weighted by Gasteiger charge is -2.34. The van der Waals surface area contributed by atoms with E-state index in [4.69, 9.17) is 9.47 Å². The van der Waals surface area contributed by atoms with Crippen molar-refractivity contribution in [3.8, 4) is 5.88 Å². The van der Waals surface area contributed by atoms with Crippen LogP contribution in [0.2, 0.25) is 0 Å². The van der Waals surface area contributed by atoms with E-state index < -0.39 is 10.0 Å². The van der Waals surface area contributed by atoms with Crippen molar-refractivity contribution in [3.63, 3.8) is 0 Å². The molecule has 3 aliphatic rings. The summed E-state index contributed by atoms with van der Waals surface area (Å²) in [5, 5.41) is 12.6. The third kappa shape index (κ3) is 5.82. The van der Waals surface area contributed by atoms with E-state index in [0.717, 1.165) is 31.9 Å². The van der Waals surface area contributed by atoms with Crippen LogP contribution in [0.25, 0.3) is 0 Å². The fourth-order valence-corrected chi connectivity index (χ4v) is 4.60. The Hall–Kier alpha value is -2.67. The van der Waals surface area contributed by atoms with Crippen LogP contribution in [-0.4, -0.2) is 95.9 Å². The van der Waals surface area contributed by atoms with Gasteiger partial charge in [0, 0.05) is 26.2 Å². The molecule has 1 N–H and O–H groups in total. The van der Waals surface area contributed by atoms with Crippen molar-refractivity contribution in [1.82, 2.24) is 19.2 Å². The van der Waals surface area contributed by atoms with E-state index in [1.54, 1.807) is 9.80 Å². The number of hydrogen-bond acceptors (Lipinski definition) is 9. The third-order valence-corrected chi connectivity index (χ3v) is 7.56. The largest absolute Gasteiger partial charge is 0.476 e. The van der Waals surface area contributed by atoms with E-state index in [1.807, 2.05) is 6.92 Å². The molecule has 1 aliphatic carbocycles. The van der Waals surface area contributed by atoms with E-state index >= 15 is 0 Å². The monoisotopic (exact) mass is 482 g/mol. The minimum atomic E-state index is -3.38. The lowest BCUT2D eigenvalue weighted by atomic mass is 9.98. The SMILES string of the molecule is CC1(OC(=O)N2CCC(COc3cnc(N4CCN(S(C)(=O)=O)CC4=NO)cn3)CC2)CC1. The average molecular weight is 483 g/mol. The number of amides is 1. The second kappa shape index (κ2) is 9.29. The van der Waals surface area contributed by atoms with Gasteiger partial charge in [0.15, 0.2) is 11.7 Å². The van der Waals surface area contributed by atoms with Gasteiger partial charge in [-0.05, 0) is 38.5 Å². The quantitative estimate of drug-likeness (QED) is 0.467. The lowest BCUT2D eigenvalue weighted by molar-refractivity contribution is 0.0454. The molecule has 3 heterocycles. The molecule has 2 saturated heterocycles. The maximum atomic E-state index is 12.2. The number of likely N-dealkylation sites (tertiary alicyclic amines) is 1. The number of hydrogen-bond donors (Lipinski definition) is 1. The van der Waals surface area contributed by atoms with Crippen molar-refractivity contribution in [1.29, 1.82) is 0 Å². The molecule has 4 rings (SSSR count). The molecule has 0 spiro atoms. The first-order valence-corrected chi connectivity index (χ1v) is 12.9. The molecule has 1 amide bonds. The van der Waals surface area contributed by atoms with E-state index in [-0.39, 0.29) is 30.6 Å². The third-order valence-electron chi connectivity index (χ3n) is 6.31. The van der Waals surface area contributed by atoms with Crippen molar-refractivity contribution in [2.75, 3.05) is 50.5 Å². The number of rotatable bonds is 6. The Labute approximate surface area is 193 Å². The van der Waals surface area contributed by atoms with E-state index in [1.165, 1.54) is 16.7 Å². The predicted molar refractivity (Wildman–Crippen MR) is 119 cm³/mol. The summed E-state index contributed by atoms with van der Waals surface area (Å²) in [6, 6.07) is 0. The summed E-state index contributed by atoms with van der Waals surface area (Å²) < 4.78 is 36.1. The fourth-order valence-electron chi connectivity index (χ4n) is 3.84. The number of oxime groups is 1. The minimum Gasteiger partial charge on any atom is -0.476 e. The number of amidine groups is 1. The fraction of sp³-hybridized carbons (Fsp3) is 0.700. The molecule has 12 nitrogen and oxygen atoms in total. The summed E-state index contributed by atoms with van der Waals surface area (Å²) in [6.45, 7) is 4.24. The molecular formula is C20H30N6O6S. The van der Waals surface area contributed by atoms with E-state index in [0.29, 0.717) is 43.9 Å². The average Bonchev–Trinajstić information content (AvgIpc) is 3.53. The van der Waals surface area contributed by atoms with Crippen LogP contribution in [-0.2, 0) is 14.8 Å². The van der Waals surface area contributed by atoms with Gasteiger partial charge in [0.1, 0.15) is 5.60 Å². The Morgan fingerprint density at radius 2 is 1.94 bits per heavy atom. The van der Waals surface area contributed by atoms with Gasteiger partial charge in [0.25, 0.3) is 0 Å². The number of piperidine rings is 1. The molecule has 3 fully saturated rings. The molecule has 0 radical (unpaired) electrons. The number of sulfonamides is 1. The molecule has 1 aromatic rings. The summed E-state index contributed by atoms with van der Waals surface area (Å²) in [4.78, 5) is 24.2. The predicted octanol–water partition coefficient (Wildman–Crippen LogP) is 1.13. The molecule has 0 atom stereocenters. The van der Waals surface area contributed by atoms with Crippen LogP contribution in [0, 0.1) is 5.92 Å². The zero-order valence-electron chi connectivity index (χ0n) is 18.9. The summed E-state index contributed by atoms with van der Waals surface area (Å²) in [5.41, 5.74) is -0.257. The summed E-state index contributed by atoms with van der Waals surface area (Å²) in [5.74, 6) is 1.30. The Morgan fingerprint density at radius 3 is 2.52 bits per heavy atom. The molecule has 13 heteroatoms. The van der Waals surface area contributed by atoms with Crippen molar-refractivity contribution >= 4 is 27.8 Å². The molecule has 0 unspecified atom stereocenters. The Kier molecular flexibility index (Phi) is 6.61. The van der Waals surface area contributed by atoms with Crippen molar-refractivity contribution < 1.29 is 27.9 Å².